The van der Waals surface area contributed by atoms with E-state index in [4.69, 9.17) is 0 Å². The summed E-state index contributed by atoms with van der Waals surface area (Å²) < 4.78 is 0. The van der Waals surface area contributed by atoms with Crippen LogP contribution in [-0.4, -0.2) is 24.0 Å². The second kappa shape index (κ2) is 8.91. The predicted molar refractivity (Wildman–Crippen MR) is 101 cm³/mol. The second-order valence-corrected chi connectivity index (χ2v) is 5.57. The standard InChI is InChI=1S/C19H26N4O/c1-4-7-19(24)22-16-10-13-18(20-14-16)21-15-8-11-17(12-9-15)23(5-2)6-3/h8-14H,4-7H2,1-3H3,(H,20,21)(H,22,24). The topological polar surface area (TPSA) is 57.3 Å². The molecule has 1 heterocycles. The fourth-order valence-corrected chi connectivity index (χ4v) is 2.48. The lowest BCUT2D eigenvalue weighted by atomic mass is 10.2. The van der Waals surface area contributed by atoms with Crippen LogP contribution < -0.4 is 15.5 Å². The molecule has 0 fully saturated rings. The third-order valence-electron chi connectivity index (χ3n) is 3.79. The number of benzene rings is 1. The van der Waals surface area contributed by atoms with Gasteiger partial charge in [-0.05, 0) is 56.7 Å². The van der Waals surface area contributed by atoms with Gasteiger partial charge in [-0.25, -0.2) is 4.98 Å². The van der Waals surface area contributed by atoms with Crippen molar-refractivity contribution in [1.29, 1.82) is 0 Å². The lowest BCUT2D eigenvalue weighted by Crippen LogP contribution is -2.21. The third-order valence-corrected chi connectivity index (χ3v) is 3.79. The highest BCUT2D eigenvalue weighted by Gasteiger charge is 2.03. The number of hydrogen-bond acceptors (Lipinski definition) is 4. The summed E-state index contributed by atoms with van der Waals surface area (Å²) in [6, 6.07) is 12.0. The van der Waals surface area contributed by atoms with Crippen LogP contribution in [0.3, 0.4) is 0 Å². The molecule has 0 bridgehead atoms. The van der Waals surface area contributed by atoms with E-state index in [1.165, 1.54) is 5.69 Å². The first-order valence-corrected chi connectivity index (χ1v) is 8.54. The van der Waals surface area contributed by atoms with Crippen LogP contribution in [-0.2, 0) is 4.79 Å². The molecule has 1 amide bonds. The Kier molecular flexibility index (Phi) is 6.61. The monoisotopic (exact) mass is 326 g/mol. The van der Waals surface area contributed by atoms with Crippen molar-refractivity contribution in [2.75, 3.05) is 28.6 Å². The average molecular weight is 326 g/mol. The number of nitrogens with zero attached hydrogens (tertiary/aromatic N) is 2. The zero-order valence-corrected chi connectivity index (χ0v) is 14.7. The van der Waals surface area contributed by atoms with Crippen molar-refractivity contribution in [3.8, 4) is 0 Å². The van der Waals surface area contributed by atoms with E-state index in [9.17, 15) is 4.79 Å². The quantitative estimate of drug-likeness (QED) is 0.754. The smallest absolute Gasteiger partial charge is 0.224 e. The highest BCUT2D eigenvalue weighted by molar-refractivity contribution is 5.90. The minimum absolute atomic E-state index is 0.0204. The van der Waals surface area contributed by atoms with Crippen LogP contribution in [0.25, 0.3) is 0 Å². The molecule has 2 N–H and O–H groups in total. The van der Waals surface area contributed by atoms with Crippen molar-refractivity contribution in [2.45, 2.75) is 33.6 Å². The van der Waals surface area contributed by atoms with Crippen molar-refractivity contribution < 1.29 is 4.79 Å². The maximum atomic E-state index is 11.6. The fraction of sp³-hybridized carbons (Fsp3) is 0.368. The average Bonchev–Trinajstić information content (AvgIpc) is 2.59. The summed E-state index contributed by atoms with van der Waals surface area (Å²) in [4.78, 5) is 18.2. The first-order valence-electron chi connectivity index (χ1n) is 8.54. The van der Waals surface area contributed by atoms with E-state index in [1.807, 2.05) is 31.2 Å². The Labute approximate surface area is 144 Å². The molecule has 5 heteroatoms. The summed E-state index contributed by atoms with van der Waals surface area (Å²) in [6.07, 6.45) is 3.03. The van der Waals surface area contributed by atoms with E-state index in [-0.39, 0.29) is 5.91 Å². The van der Waals surface area contributed by atoms with Gasteiger partial charge in [-0.3, -0.25) is 4.79 Å². The first kappa shape index (κ1) is 17.8. The Morgan fingerprint density at radius 2 is 1.67 bits per heavy atom. The zero-order valence-electron chi connectivity index (χ0n) is 14.7. The van der Waals surface area contributed by atoms with Crippen LogP contribution >= 0.6 is 0 Å². The van der Waals surface area contributed by atoms with E-state index in [2.05, 4.69) is 46.5 Å². The molecule has 0 spiro atoms. The molecule has 2 aromatic rings. The summed E-state index contributed by atoms with van der Waals surface area (Å²) in [7, 11) is 0. The van der Waals surface area contributed by atoms with Gasteiger partial charge in [0.15, 0.2) is 0 Å². The molecule has 0 saturated heterocycles. The Bertz CT molecular complexity index is 633. The fourth-order valence-electron chi connectivity index (χ4n) is 2.48. The molecule has 1 aromatic carbocycles. The van der Waals surface area contributed by atoms with Crippen LogP contribution in [0.5, 0.6) is 0 Å². The molecule has 0 aliphatic heterocycles. The molecule has 0 saturated carbocycles. The Morgan fingerprint density at radius 3 is 2.21 bits per heavy atom. The number of aromatic nitrogens is 1. The highest BCUT2D eigenvalue weighted by Crippen LogP contribution is 2.21. The Hall–Kier alpha value is -2.56. The third kappa shape index (κ3) is 4.98. The minimum atomic E-state index is 0.0204. The number of carbonyl (C=O) groups excluding carboxylic acids is 1. The van der Waals surface area contributed by atoms with Crippen molar-refractivity contribution in [3.63, 3.8) is 0 Å². The normalized spacial score (nSPS) is 10.3. The van der Waals surface area contributed by atoms with Crippen molar-refractivity contribution in [2.24, 2.45) is 0 Å². The van der Waals surface area contributed by atoms with Crippen molar-refractivity contribution in [3.05, 3.63) is 42.6 Å². The van der Waals surface area contributed by atoms with E-state index >= 15 is 0 Å². The molecular weight excluding hydrogens is 300 g/mol. The number of hydrogen-bond donors (Lipinski definition) is 2. The number of carbonyl (C=O) groups is 1. The second-order valence-electron chi connectivity index (χ2n) is 5.57. The van der Waals surface area contributed by atoms with E-state index in [0.717, 1.165) is 36.7 Å². The van der Waals surface area contributed by atoms with E-state index in [0.29, 0.717) is 6.42 Å². The molecule has 0 unspecified atom stereocenters. The van der Waals surface area contributed by atoms with Crippen LogP contribution in [0.15, 0.2) is 42.6 Å². The number of rotatable bonds is 8. The SMILES string of the molecule is CCCC(=O)Nc1ccc(Nc2ccc(N(CC)CC)cc2)nc1. The van der Waals surface area contributed by atoms with Gasteiger partial charge in [-0.1, -0.05) is 6.92 Å². The molecule has 0 aliphatic carbocycles. The lowest BCUT2D eigenvalue weighted by molar-refractivity contribution is -0.116. The summed E-state index contributed by atoms with van der Waals surface area (Å²) in [5, 5.41) is 6.10. The summed E-state index contributed by atoms with van der Waals surface area (Å²) >= 11 is 0. The van der Waals surface area contributed by atoms with Gasteiger partial charge in [0.2, 0.25) is 5.91 Å². The van der Waals surface area contributed by atoms with Gasteiger partial charge < -0.3 is 15.5 Å². The Balaban J connectivity index is 1.97. The summed E-state index contributed by atoms with van der Waals surface area (Å²) in [5.41, 5.74) is 2.92. The van der Waals surface area contributed by atoms with Crippen molar-refractivity contribution >= 4 is 28.8 Å². The summed E-state index contributed by atoms with van der Waals surface area (Å²) in [5.74, 6) is 0.770. The number of nitrogens with one attached hydrogen (secondary N) is 2. The van der Waals surface area contributed by atoms with Gasteiger partial charge in [0.05, 0.1) is 11.9 Å². The zero-order chi connectivity index (χ0) is 17.4. The molecule has 0 atom stereocenters. The molecule has 5 nitrogen and oxygen atoms in total. The first-order chi connectivity index (χ1) is 11.7. The maximum absolute atomic E-state index is 11.6. The maximum Gasteiger partial charge on any atom is 0.224 e. The van der Waals surface area contributed by atoms with Crippen molar-refractivity contribution in [1.82, 2.24) is 4.98 Å². The van der Waals surface area contributed by atoms with Gasteiger partial charge >= 0.3 is 0 Å². The number of anilines is 4. The number of amides is 1. The highest BCUT2D eigenvalue weighted by atomic mass is 16.1. The lowest BCUT2D eigenvalue weighted by Gasteiger charge is -2.21. The molecule has 0 radical (unpaired) electrons. The molecule has 24 heavy (non-hydrogen) atoms. The molecule has 128 valence electrons. The van der Waals surface area contributed by atoms with Crippen LogP contribution in [0.2, 0.25) is 0 Å². The molecular formula is C19H26N4O. The largest absolute Gasteiger partial charge is 0.372 e. The minimum Gasteiger partial charge on any atom is -0.372 e. The molecule has 0 aliphatic rings. The predicted octanol–water partition coefficient (Wildman–Crippen LogP) is 4.41. The van der Waals surface area contributed by atoms with Crippen LogP contribution in [0, 0.1) is 0 Å². The number of pyridine rings is 1. The van der Waals surface area contributed by atoms with Gasteiger partial charge in [-0.15, -0.1) is 0 Å². The van der Waals surface area contributed by atoms with Gasteiger partial charge in [-0.2, -0.15) is 0 Å². The van der Waals surface area contributed by atoms with Gasteiger partial charge in [0.25, 0.3) is 0 Å². The molecule has 1 aromatic heterocycles. The van der Waals surface area contributed by atoms with Gasteiger partial charge in [0.1, 0.15) is 5.82 Å². The Morgan fingerprint density at radius 1 is 1.00 bits per heavy atom. The van der Waals surface area contributed by atoms with E-state index in [1.54, 1.807) is 6.20 Å². The van der Waals surface area contributed by atoms with Crippen LogP contribution in [0.4, 0.5) is 22.9 Å². The summed E-state index contributed by atoms with van der Waals surface area (Å²) in [6.45, 7) is 8.28. The van der Waals surface area contributed by atoms with E-state index < -0.39 is 0 Å². The molecule has 2 rings (SSSR count). The van der Waals surface area contributed by atoms with Gasteiger partial charge in [0, 0.05) is 30.9 Å². The van der Waals surface area contributed by atoms with Crippen LogP contribution in [0.1, 0.15) is 33.6 Å².